The van der Waals surface area contributed by atoms with Gasteiger partial charge in [-0.25, -0.2) is 0 Å². The molecule has 0 atom stereocenters. The third kappa shape index (κ3) is 17.4. The summed E-state index contributed by atoms with van der Waals surface area (Å²) in [5.74, 6) is 0.719. The summed E-state index contributed by atoms with van der Waals surface area (Å²) in [6.45, 7) is 30.4. The van der Waals surface area contributed by atoms with E-state index >= 15 is 0 Å². The Morgan fingerprint density at radius 1 is 0.406 bits per heavy atom. The van der Waals surface area contributed by atoms with E-state index in [0.717, 1.165) is 50.2 Å². The molecule has 14 aromatic rings. The van der Waals surface area contributed by atoms with Gasteiger partial charge in [0.05, 0.1) is 22.8 Å². The van der Waals surface area contributed by atoms with Crippen molar-refractivity contribution in [2.24, 2.45) is 0 Å². The zero-order valence-corrected chi connectivity index (χ0v) is 65.2. The molecule has 101 heavy (non-hydrogen) atoms. The molecule has 0 aliphatic rings. The Kier molecular flexibility index (Phi) is 23.7. The fourth-order valence-corrected chi connectivity index (χ4v) is 17.4. The van der Waals surface area contributed by atoms with Crippen LogP contribution in [0.4, 0.5) is 0 Å². The number of thiocarbonyl (C=S) groups is 2. The molecular weight excluding hydrogens is 1450 g/mol. The average molecular weight is 1530 g/mol. The summed E-state index contributed by atoms with van der Waals surface area (Å²) >= 11 is 15.1. The number of aromatic nitrogens is 6. The molecule has 0 saturated heterocycles. The minimum absolute atomic E-state index is 0. The standard InChI is InChI=1S/C68H70N4S4.C12H8N2O4.2CNS.Ru/c1-65(2,3)43-17-21-55-49(33-43)50-34-44(66(4,5)6)18-22-56(50)71(55)29-13-15-47-37-61-63(73-47)39-59(75-61)41-25-27-69-53(31-41)54-32-42(26-28-70-54)60-40-64-62(76-60)38-48(74-64)16-14-30-72-57-23-19-45(67(7,8)9)35-51(57)52-36-46(68(10,11)12)20-24-58(52)72;15-7-17-9-1-3-13-11(5-9)12-6-10(18-8-16)2-4-14-12;2*2-1-3;/h17-28,31-40H,13-16,29-30H2,1-12H3;1-8H;;;/q;;2*-1;+2. The van der Waals surface area contributed by atoms with Crippen LogP contribution in [0, 0.1) is 0 Å². The van der Waals surface area contributed by atoms with E-state index in [9.17, 15) is 9.59 Å². The van der Waals surface area contributed by atoms with Crippen molar-refractivity contribution in [3.05, 3.63) is 213 Å². The summed E-state index contributed by atoms with van der Waals surface area (Å²) in [4.78, 5) is 43.8. The number of fused-ring (bicyclic) bond motifs is 8. The second-order valence-corrected chi connectivity index (χ2v) is 33.6. The minimum Gasteiger partial charge on any atom is -0.753 e. The quantitative estimate of drug-likeness (QED) is 0.0394. The van der Waals surface area contributed by atoms with Gasteiger partial charge < -0.3 is 29.4 Å². The third-order valence-corrected chi connectivity index (χ3v) is 22.6. The predicted octanol–water partition coefficient (Wildman–Crippen LogP) is 23.2. The molecule has 0 amide bonds. The molecule has 0 aliphatic heterocycles. The van der Waals surface area contributed by atoms with E-state index in [1.165, 1.54) is 138 Å². The van der Waals surface area contributed by atoms with Crippen molar-refractivity contribution in [1.82, 2.24) is 29.1 Å². The van der Waals surface area contributed by atoms with Crippen molar-refractivity contribution in [3.8, 4) is 55.2 Å². The Labute approximate surface area is 629 Å². The van der Waals surface area contributed by atoms with Crippen LogP contribution in [0.25, 0.3) is 117 Å². The second-order valence-electron chi connectivity index (χ2n) is 28.8. The number of aryl methyl sites for hydroxylation is 4. The zero-order valence-electron chi connectivity index (χ0n) is 58.6. The fraction of sp³-hybridized carbons (Fsp3) is 0.268. The van der Waals surface area contributed by atoms with Crippen LogP contribution in [0.1, 0.15) is 128 Å². The first kappa shape index (κ1) is 75.2. The number of isothiocyanates is 2. The molecule has 514 valence electrons. The number of hydrogen-bond donors (Lipinski definition) is 0. The molecule has 0 bridgehead atoms. The minimum atomic E-state index is 0. The Morgan fingerprint density at radius 2 is 0.693 bits per heavy atom. The van der Waals surface area contributed by atoms with E-state index in [1.807, 2.05) is 57.7 Å². The number of benzene rings is 4. The second kappa shape index (κ2) is 31.8. The van der Waals surface area contributed by atoms with E-state index in [0.29, 0.717) is 35.8 Å². The molecule has 4 aromatic carbocycles. The molecule has 0 fully saturated rings. The number of hydrogen-bond acceptors (Lipinski definition) is 14. The van der Waals surface area contributed by atoms with Gasteiger partial charge in [0.25, 0.3) is 12.9 Å². The van der Waals surface area contributed by atoms with Gasteiger partial charge in [-0.2, -0.15) is 10.3 Å². The molecule has 10 heterocycles. The number of carbonyl (C=O) groups excluding carboxylic acids is 2. The van der Waals surface area contributed by atoms with E-state index in [4.69, 9.17) is 30.3 Å². The van der Waals surface area contributed by atoms with Crippen molar-refractivity contribution in [3.63, 3.8) is 0 Å². The number of nitrogens with zero attached hydrogens (tertiary/aromatic N) is 8. The smallest absolute Gasteiger partial charge is 0.753 e. The van der Waals surface area contributed by atoms with E-state index < -0.39 is 0 Å². The van der Waals surface area contributed by atoms with Crippen molar-refractivity contribution in [1.29, 1.82) is 0 Å². The molecule has 0 spiro atoms. The summed E-state index contributed by atoms with van der Waals surface area (Å²) in [7, 11) is 0. The van der Waals surface area contributed by atoms with Gasteiger partial charge >= 0.3 is 19.5 Å². The molecule has 0 N–H and O–H groups in total. The Balaban J connectivity index is 0.000000375. The van der Waals surface area contributed by atoms with E-state index in [2.05, 4.69) is 248 Å². The average Bonchev–Trinajstić information content (AvgIpc) is 1.60. The summed E-state index contributed by atoms with van der Waals surface area (Å²) in [5.41, 5.74) is 16.5. The van der Waals surface area contributed by atoms with Crippen LogP contribution >= 0.6 is 69.8 Å². The topological polar surface area (TPSA) is 159 Å². The van der Waals surface area contributed by atoms with Gasteiger partial charge in [-0.15, -0.1) is 45.3 Å². The van der Waals surface area contributed by atoms with E-state index in [-0.39, 0.29) is 41.1 Å². The van der Waals surface area contributed by atoms with Crippen LogP contribution in [0.2, 0.25) is 0 Å². The number of thiophene rings is 4. The summed E-state index contributed by atoms with van der Waals surface area (Å²) in [5, 5.41) is 22.4. The maximum Gasteiger partial charge on any atom is 2.00 e. The molecule has 0 unspecified atom stereocenters. The first-order chi connectivity index (χ1) is 47.8. The Hall–Kier alpha value is -8.44. The van der Waals surface area contributed by atoms with Gasteiger partial charge in [0, 0.05) is 132 Å². The van der Waals surface area contributed by atoms with Gasteiger partial charge in [-0.1, -0.05) is 132 Å². The predicted molar refractivity (Wildman–Crippen MR) is 428 cm³/mol. The molecule has 0 saturated carbocycles. The molecule has 0 radical (unpaired) electrons. The SMILES string of the molecule is CC(C)(C)c1ccc2c(c1)c1cc(C(C)(C)C)ccc1n2CCCc1cc2sc(-c3ccnc(-c4cc(-c5cc6sc(CCCn7c8ccc(C(C)(C)C)cc8c8cc(C(C)(C)C)ccc87)cc6s5)ccn4)c3)cc2s1.O=COc1ccnc(-c2cc(OC=O)ccn2)c1.[N-]=C=S.[N-]=C=S.[Ru+2]. The summed E-state index contributed by atoms with van der Waals surface area (Å²) in [6, 6.07) is 53.2. The van der Waals surface area contributed by atoms with Crippen molar-refractivity contribution < 1.29 is 38.5 Å². The van der Waals surface area contributed by atoms with Gasteiger partial charge in [0.1, 0.15) is 11.5 Å². The first-order valence-corrected chi connectivity index (χ1v) is 37.1. The van der Waals surface area contributed by atoms with Crippen LogP contribution in [0.5, 0.6) is 11.5 Å². The first-order valence-electron chi connectivity index (χ1n) is 33.1. The molecule has 10 aromatic heterocycles. The zero-order chi connectivity index (χ0) is 71.3. The van der Waals surface area contributed by atoms with Gasteiger partial charge in [0.2, 0.25) is 0 Å². The van der Waals surface area contributed by atoms with Crippen LogP contribution in [-0.2, 0) is 76.7 Å². The normalized spacial score (nSPS) is 11.7. The van der Waals surface area contributed by atoms with Gasteiger partial charge in [-0.05, 0) is 190 Å². The van der Waals surface area contributed by atoms with Crippen molar-refractivity contribution >= 4 is 155 Å². The molecule has 14 rings (SSSR count). The maximum absolute atomic E-state index is 10.2. The fourth-order valence-electron chi connectivity index (χ4n) is 12.5. The van der Waals surface area contributed by atoms with Gasteiger partial charge in [-0.3, -0.25) is 29.5 Å². The number of pyridine rings is 4. The molecule has 12 nitrogen and oxygen atoms in total. The Morgan fingerprint density at radius 3 is 0.980 bits per heavy atom. The third-order valence-electron chi connectivity index (χ3n) is 17.8. The number of carbonyl (C=O) groups is 2. The Bertz CT molecular complexity index is 4860. The van der Waals surface area contributed by atoms with Crippen LogP contribution in [0.15, 0.2) is 170 Å². The number of rotatable bonds is 16. The summed E-state index contributed by atoms with van der Waals surface area (Å²) < 4.78 is 20.0. The largest absolute Gasteiger partial charge is 2.00 e. The van der Waals surface area contributed by atoms with Crippen molar-refractivity contribution in [2.75, 3.05) is 0 Å². The molecule has 19 heteroatoms. The van der Waals surface area contributed by atoms with Gasteiger partial charge in [0.15, 0.2) is 0 Å². The maximum atomic E-state index is 10.2. The number of ether oxygens (including phenoxy) is 2. The monoisotopic (exact) mass is 1530 g/mol. The summed E-state index contributed by atoms with van der Waals surface area (Å²) in [6.07, 6.45) is 11.2. The van der Waals surface area contributed by atoms with Crippen LogP contribution < -0.4 is 9.47 Å². The van der Waals surface area contributed by atoms with Crippen LogP contribution in [0.3, 0.4) is 0 Å². The molecule has 0 aliphatic carbocycles. The molecular formula is C82H78N8O4RuS6. The van der Waals surface area contributed by atoms with E-state index in [1.54, 1.807) is 24.3 Å². The van der Waals surface area contributed by atoms with Crippen LogP contribution in [-0.4, -0.2) is 52.3 Å². The van der Waals surface area contributed by atoms with Crippen molar-refractivity contribution in [2.45, 2.75) is 144 Å².